The number of ether oxygens (including phenoxy) is 1. The zero-order valence-electron chi connectivity index (χ0n) is 10.1. The van der Waals surface area contributed by atoms with E-state index in [-0.39, 0.29) is 0 Å². The van der Waals surface area contributed by atoms with Crippen molar-refractivity contribution in [1.82, 2.24) is 0 Å². The summed E-state index contributed by atoms with van der Waals surface area (Å²) in [4.78, 5) is 21.7. The van der Waals surface area contributed by atoms with Gasteiger partial charge in [0.05, 0.1) is 13.5 Å². The van der Waals surface area contributed by atoms with E-state index in [9.17, 15) is 9.59 Å². The fourth-order valence-corrected chi connectivity index (χ4v) is 1.64. The Morgan fingerprint density at radius 3 is 2.21 bits per heavy atom. The molecule has 0 bridgehead atoms. The predicted octanol–water partition coefficient (Wildman–Crippen LogP) is 1.17. The Morgan fingerprint density at radius 2 is 1.84 bits per heavy atom. The summed E-state index contributed by atoms with van der Waals surface area (Å²) in [5.41, 5.74) is -0.203. The molecule has 102 valence electrons. The molecule has 7 nitrogen and oxygen atoms in total. The molecule has 0 saturated heterocycles. The van der Waals surface area contributed by atoms with Gasteiger partial charge in [-0.3, -0.25) is 4.79 Å². The van der Waals surface area contributed by atoms with Gasteiger partial charge in [0.25, 0.3) is 0 Å². The lowest BCUT2D eigenvalue weighted by Gasteiger charge is -2.14. The number of aliphatic carboxylic acids is 2. The first-order valence-corrected chi connectivity index (χ1v) is 5.30. The Morgan fingerprint density at radius 1 is 1.26 bits per heavy atom. The number of carboxylic acid groups (broad SMARTS) is 2. The number of carboxylic acids is 2. The highest BCUT2D eigenvalue weighted by atomic mass is 16.5. The first-order valence-electron chi connectivity index (χ1n) is 5.30. The van der Waals surface area contributed by atoms with Crippen molar-refractivity contribution in [2.75, 3.05) is 7.11 Å². The van der Waals surface area contributed by atoms with Crippen LogP contribution in [0.3, 0.4) is 0 Å². The summed E-state index contributed by atoms with van der Waals surface area (Å²) in [7, 11) is 1.47. The minimum atomic E-state index is -1.47. The summed E-state index contributed by atoms with van der Waals surface area (Å²) in [6.07, 6.45) is -0.488. The van der Waals surface area contributed by atoms with E-state index in [0.717, 1.165) is 0 Å². The monoisotopic (exact) mass is 267 g/mol. The molecule has 0 heterocycles. The van der Waals surface area contributed by atoms with Gasteiger partial charge in [-0.2, -0.15) is 0 Å². The molecule has 19 heavy (non-hydrogen) atoms. The maximum absolute atomic E-state index is 10.9. The first-order chi connectivity index (χ1) is 8.99. The van der Waals surface area contributed by atoms with Crippen LogP contribution < -0.4 is 4.74 Å². The van der Waals surface area contributed by atoms with E-state index in [1.807, 2.05) is 0 Å². The van der Waals surface area contributed by atoms with Crippen molar-refractivity contribution in [1.29, 1.82) is 0 Å². The van der Waals surface area contributed by atoms with E-state index in [4.69, 9.17) is 20.2 Å². The second-order valence-electron chi connectivity index (χ2n) is 3.71. The maximum atomic E-state index is 10.9. The average Bonchev–Trinajstić information content (AvgIpc) is 2.37. The van der Waals surface area contributed by atoms with Crippen molar-refractivity contribution in [2.45, 2.75) is 12.3 Å². The number of hydrogen-bond acceptors (Lipinski definition) is 5. The van der Waals surface area contributed by atoms with Gasteiger partial charge in [0.1, 0.15) is 5.75 Å². The third-order valence-corrected chi connectivity index (χ3v) is 2.55. The van der Waals surface area contributed by atoms with Gasteiger partial charge >= 0.3 is 11.9 Å². The minimum absolute atomic E-state index is 0.415. The fourth-order valence-electron chi connectivity index (χ4n) is 1.64. The van der Waals surface area contributed by atoms with Crippen LogP contribution >= 0.6 is 0 Å². The summed E-state index contributed by atoms with van der Waals surface area (Å²) in [6.45, 7) is 0. The molecular weight excluding hydrogens is 254 g/mol. The molecule has 0 spiro atoms. The topological polar surface area (TPSA) is 116 Å². The van der Waals surface area contributed by atoms with Crippen molar-refractivity contribution >= 4 is 17.7 Å². The number of oxime groups is 1. The Hall–Kier alpha value is -2.57. The van der Waals surface area contributed by atoms with Crippen LogP contribution in [-0.4, -0.2) is 40.2 Å². The summed E-state index contributed by atoms with van der Waals surface area (Å²) >= 11 is 0. The molecule has 1 aromatic rings. The van der Waals surface area contributed by atoms with Gasteiger partial charge < -0.3 is 20.2 Å². The Balaban J connectivity index is 3.15. The number of benzene rings is 1. The highest BCUT2D eigenvalue weighted by molar-refractivity contribution is 6.38. The molecular formula is C12H13NO6. The summed E-state index contributed by atoms with van der Waals surface area (Å²) in [5.74, 6) is -3.14. The molecule has 1 aromatic carbocycles. The van der Waals surface area contributed by atoms with E-state index in [1.165, 1.54) is 19.2 Å². The third-order valence-electron chi connectivity index (χ3n) is 2.55. The summed E-state index contributed by atoms with van der Waals surface area (Å²) in [6, 6.07) is 6.20. The summed E-state index contributed by atoms with van der Waals surface area (Å²) < 4.78 is 4.95. The van der Waals surface area contributed by atoms with Crippen molar-refractivity contribution in [3.8, 4) is 5.75 Å². The molecule has 1 atom stereocenters. The van der Waals surface area contributed by atoms with Crippen LogP contribution in [0.15, 0.2) is 29.4 Å². The molecule has 0 saturated carbocycles. The second-order valence-corrected chi connectivity index (χ2v) is 3.71. The number of methoxy groups -OCH3 is 1. The van der Waals surface area contributed by atoms with Crippen LogP contribution in [0.2, 0.25) is 0 Å². The highest BCUT2D eigenvalue weighted by Crippen LogP contribution is 2.24. The molecule has 0 fully saturated rings. The minimum Gasteiger partial charge on any atom is -0.497 e. The maximum Gasteiger partial charge on any atom is 0.354 e. The molecule has 0 radical (unpaired) electrons. The van der Waals surface area contributed by atoms with Crippen LogP contribution in [0.4, 0.5) is 0 Å². The zero-order chi connectivity index (χ0) is 14.4. The predicted molar refractivity (Wildman–Crippen MR) is 64.8 cm³/mol. The van der Waals surface area contributed by atoms with Gasteiger partial charge in [-0.05, 0) is 17.7 Å². The fraction of sp³-hybridized carbons (Fsp3) is 0.250. The average molecular weight is 267 g/mol. The van der Waals surface area contributed by atoms with E-state index < -0.39 is 30.0 Å². The molecule has 0 aliphatic rings. The largest absolute Gasteiger partial charge is 0.497 e. The Bertz CT molecular complexity index is 493. The second kappa shape index (κ2) is 6.39. The molecule has 3 N–H and O–H groups in total. The van der Waals surface area contributed by atoms with Crippen LogP contribution in [0.1, 0.15) is 17.9 Å². The number of rotatable bonds is 6. The SMILES string of the molecule is COc1ccc(C(CC(=O)O)/C(=N/O)C(=O)O)cc1. The molecule has 0 aliphatic carbocycles. The normalized spacial score (nSPS) is 12.8. The van der Waals surface area contributed by atoms with Crippen molar-refractivity contribution in [3.63, 3.8) is 0 Å². The van der Waals surface area contributed by atoms with Crippen LogP contribution in [0, 0.1) is 0 Å². The van der Waals surface area contributed by atoms with Gasteiger partial charge in [-0.25, -0.2) is 4.79 Å². The Labute approximate surface area is 108 Å². The molecule has 0 amide bonds. The first kappa shape index (κ1) is 14.5. The van der Waals surface area contributed by atoms with Crippen molar-refractivity contribution in [2.24, 2.45) is 5.16 Å². The lowest BCUT2D eigenvalue weighted by molar-refractivity contribution is -0.137. The quantitative estimate of drug-likeness (QED) is 0.404. The van der Waals surface area contributed by atoms with Gasteiger partial charge in [0.15, 0.2) is 5.71 Å². The number of hydrogen-bond donors (Lipinski definition) is 3. The van der Waals surface area contributed by atoms with Crippen LogP contribution in [0.25, 0.3) is 0 Å². The van der Waals surface area contributed by atoms with Crippen LogP contribution in [0.5, 0.6) is 5.75 Å². The summed E-state index contributed by atoms with van der Waals surface area (Å²) in [5, 5.41) is 29.1. The van der Waals surface area contributed by atoms with E-state index >= 15 is 0 Å². The molecule has 1 unspecified atom stereocenters. The lowest BCUT2D eigenvalue weighted by atomic mass is 9.91. The third kappa shape index (κ3) is 3.70. The molecule has 0 aromatic heterocycles. The van der Waals surface area contributed by atoms with Gasteiger partial charge in [-0.15, -0.1) is 0 Å². The van der Waals surface area contributed by atoms with Crippen LogP contribution in [-0.2, 0) is 9.59 Å². The standard InChI is InChI=1S/C12H13NO6/c1-19-8-4-2-7(3-5-8)9(6-10(14)15)11(13-18)12(16)17/h2-5,9,18H,6H2,1H3,(H,14,15)(H,16,17)/b13-11-. The van der Waals surface area contributed by atoms with E-state index in [1.54, 1.807) is 12.1 Å². The number of carbonyl (C=O) groups is 2. The zero-order valence-corrected chi connectivity index (χ0v) is 10.1. The molecule has 0 aliphatic heterocycles. The Kier molecular flexibility index (Phi) is 4.87. The molecule has 1 rings (SSSR count). The van der Waals surface area contributed by atoms with Gasteiger partial charge in [-0.1, -0.05) is 17.3 Å². The van der Waals surface area contributed by atoms with E-state index in [2.05, 4.69) is 5.16 Å². The highest BCUT2D eigenvalue weighted by Gasteiger charge is 2.27. The lowest BCUT2D eigenvalue weighted by Crippen LogP contribution is -2.24. The van der Waals surface area contributed by atoms with E-state index in [0.29, 0.717) is 11.3 Å². The van der Waals surface area contributed by atoms with Gasteiger partial charge in [0, 0.05) is 5.92 Å². The van der Waals surface area contributed by atoms with Gasteiger partial charge in [0.2, 0.25) is 0 Å². The van der Waals surface area contributed by atoms with Crippen molar-refractivity contribution < 1.29 is 29.7 Å². The smallest absolute Gasteiger partial charge is 0.354 e. The van der Waals surface area contributed by atoms with Crippen molar-refractivity contribution in [3.05, 3.63) is 29.8 Å². The number of nitrogens with zero attached hydrogens (tertiary/aromatic N) is 1. The molecule has 7 heteroatoms.